The molecule has 25 heavy (non-hydrogen) atoms. The molecule has 2 aromatic rings. The predicted octanol–water partition coefficient (Wildman–Crippen LogP) is 2.38. The van der Waals surface area contributed by atoms with E-state index in [-0.39, 0.29) is 12.5 Å². The summed E-state index contributed by atoms with van der Waals surface area (Å²) in [6.45, 7) is 7.05. The second-order valence-electron chi connectivity index (χ2n) is 6.62. The number of aryl methyl sites for hydroxylation is 2. The van der Waals surface area contributed by atoms with Crippen molar-refractivity contribution in [3.63, 3.8) is 0 Å². The summed E-state index contributed by atoms with van der Waals surface area (Å²) in [6.07, 6.45) is 6.36. The zero-order valence-corrected chi connectivity index (χ0v) is 15.9. The molecule has 2 aromatic heterocycles. The zero-order chi connectivity index (χ0) is 17.6. The number of piperidine rings is 1. The highest BCUT2D eigenvalue weighted by Crippen LogP contribution is 2.21. The maximum atomic E-state index is 12.2. The summed E-state index contributed by atoms with van der Waals surface area (Å²) in [7, 11) is 0. The van der Waals surface area contributed by atoms with Gasteiger partial charge in [0.05, 0.1) is 22.9 Å². The fourth-order valence-electron chi connectivity index (χ4n) is 3.14. The summed E-state index contributed by atoms with van der Waals surface area (Å²) < 4.78 is 1.74. The summed E-state index contributed by atoms with van der Waals surface area (Å²) in [6, 6.07) is 2.04. The number of thiazole rings is 1. The molecule has 7 heteroatoms. The number of nitrogens with one attached hydrogen (secondary N) is 2. The van der Waals surface area contributed by atoms with Crippen molar-refractivity contribution in [3.05, 3.63) is 33.5 Å². The molecule has 0 spiro atoms. The zero-order valence-electron chi connectivity index (χ0n) is 15.0. The lowest BCUT2D eigenvalue weighted by atomic mass is 9.97. The quantitative estimate of drug-likeness (QED) is 0.794. The van der Waals surface area contributed by atoms with E-state index in [1.165, 1.54) is 12.8 Å². The van der Waals surface area contributed by atoms with Gasteiger partial charge in [-0.05, 0) is 45.2 Å². The van der Waals surface area contributed by atoms with Crippen LogP contribution in [0, 0.1) is 6.92 Å². The summed E-state index contributed by atoms with van der Waals surface area (Å²) in [5.74, 6) is 0.455. The van der Waals surface area contributed by atoms with Gasteiger partial charge in [-0.2, -0.15) is 5.10 Å². The van der Waals surface area contributed by atoms with Gasteiger partial charge < -0.3 is 10.6 Å². The number of aromatic nitrogens is 3. The van der Waals surface area contributed by atoms with E-state index in [0.29, 0.717) is 12.5 Å². The van der Waals surface area contributed by atoms with Crippen LogP contribution in [0.2, 0.25) is 0 Å². The minimum atomic E-state index is -0.0127. The van der Waals surface area contributed by atoms with Crippen molar-refractivity contribution in [2.24, 2.45) is 0 Å². The first kappa shape index (κ1) is 18.1. The van der Waals surface area contributed by atoms with E-state index in [4.69, 9.17) is 0 Å². The molecule has 1 atom stereocenters. The van der Waals surface area contributed by atoms with Gasteiger partial charge in [0, 0.05) is 23.5 Å². The number of nitrogens with zero attached hydrogens (tertiary/aromatic N) is 3. The third-order valence-electron chi connectivity index (χ3n) is 4.53. The van der Waals surface area contributed by atoms with Crippen molar-refractivity contribution >= 4 is 17.2 Å². The van der Waals surface area contributed by atoms with Gasteiger partial charge in [-0.15, -0.1) is 11.3 Å². The Morgan fingerprint density at radius 1 is 1.52 bits per heavy atom. The van der Waals surface area contributed by atoms with Crippen molar-refractivity contribution < 1.29 is 4.79 Å². The molecule has 136 valence electrons. The van der Waals surface area contributed by atoms with E-state index in [1.54, 1.807) is 16.0 Å². The van der Waals surface area contributed by atoms with Crippen molar-refractivity contribution in [2.45, 2.75) is 58.5 Å². The number of carbonyl (C=O) groups excluding carboxylic acids is 1. The van der Waals surface area contributed by atoms with E-state index >= 15 is 0 Å². The van der Waals surface area contributed by atoms with Crippen LogP contribution in [0.15, 0.2) is 12.3 Å². The number of hydrogen-bond donors (Lipinski definition) is 2. The van der Waals surface area contributed by atoms with Crippen molar-refractivity contribution in [1.29, 1.82) is 0 Å². The van der Waals surface area contributed by atoms with Crippen molar-refractivity contribution in [2.75, 3.05) is 13.1 Å². The third-order valence-corrected chi connectivity index (χ3v) is 5.75. The molecule has 0 aliphatic carbocycles. The van der Waals surface area contributed by atoms with Gasteiger partial charge in [0.15, 0.2) is 0 Å². The normalized spacial score (nSPS) is 17.6. The van der Waals surface area contributed by atoms with Gasteiger partial charge in [-0.1, -0.05) is 6.92 Å². The summed E-state index contributed by atoms with van der Waals surface area (Å²) in [5.41, 5.74) is 2.11. The Bertz CT molecular complexity index is 702. The van der Waals surface area contributed by atoms with E-state index in [9.17, 15) is 4.79 Å². The van der Waals surface area contributed by atoms with Gasteiger partial charge >= 0.3 is 0 Å². The Kier molecular flexibility index (Phi) is 6.20. The molecular weight excluding hydrogens is 334 g/mol. The SMILES string of the molecule is CCCc1nc(C)c(CNC(=O)Cn2ccc(C3CCCNC3)n2)s1. The van der Waals surface area contributed by atoms with Crippen LogP contribution in [0.3, 0.4) is 0 Å². The maximum Gasteiger partial charge on any atom is 0.242 e. The Morgan fingerprint density at radius 2 is 2.40 bits per heavy atom. The average Bonchev–Trinajstić information content (AvgIpc) is 3.21. The number of hydrogen-bond acceptors (Lipinski definition) is 5. The molecule has 1 unspecified atom stereocenters. The van der Waals surface area contributed by atoms with E-state index in [1.807, 2.05) is 19.2 Å². The smallest absolute Gasteiger partial charge is 0.242 e. The molecule has 1 saturated heterocycles. The van der Waals surface area contributed by atoms with Crippen LogP contribution in [0.4, 0.5) is 0 Å². The molecule has 0 saturated carbocycles. The van der Waals surface area contributed by atoms with Crippen molar-refractivity contribution in [3.8, 4) is 0 Å². The lowest BCUT2D eigenvalue weighted by Gasteiger charge is -2.20. The van der Waals surface area contributed by atoms with E-state index in [2.05, 4.69) is 27.6 Å². The lowest BCUT2D eigenvalue weighted by molar-refractivity contribution is -0.122. The highest BCUT2D eigenvalue weighted by Gasteiger charge is 2.18. The molecule has 6 nitrogen and oxygen atoms in total. The predicted molar refractivity (Wildman–Crippen MR) is 99.8 cm³/mol. The fraction of sp³-hybridized carbons (Fsp3) is 0.611. The Morgan fingerprint density at radius 3 is 3.16 bits per heavy atom. The molecule has 1 fully saturated rings. The molecule has 2 N–H and O–H groups in total. The Hall–Kier alpha value is -1.73. The molecule has 0 radical (unpaired) electrons. The van der Waals surface area contributed by atoms with Crippen LogP contribution >= 0.6 is 11.3 Å². The molecule has 3 heterocycles. The lowest BCUT2D eigenvalue weighted by Crippen LogP contribution is -2.29. The Labute approximate surface area is 153 Å². The summed E-state index contributed by atoms with van der Waals surface area (Å²) in [4.78, 5) is 17.9. The van der Waals surface area contributed by atoms with Crippen LogP contribution < -0.4 is 10.6 Å². The minimum Gasteiger partial charge on any atom is -0.350 e. The highest BCUT2D eigenvalue weighted by molar-refractivity contribution is 7.11. The van der Waals surface area contributed by atoms with E-state index < -0.39 is 0 Å². The number of amides is 1. The maximum absolute atomic E-state index is 12.2. The van der Waals surface area contributed by atoms with Gasteiger partial charge in [0.25, 0.3) is 0 Å². The monoisotopic (exact) mass is 361 g/mol. The van der Waals surface area contributed by atoms with E-state index in [0.717, 1.165) is 47.2 Å². The largest absolute Gasteiger partial charge is 0.350 e. The first-order valence-electron chi connectivity index (χ1n) is 9.11. The molecule has 1 amide bonds. The molecular formula is C18H27N5OS. The van der Waals surface area contributed by atoms with Gasteiger partial charge in [-0.3, -0.25) is 9.48 Å². The summed E-state index contributed by atoms with van der Waals surface area (Å²) in [5, 5.41) is 12.1. The first-order chi connectivity index (χ1) is 12.2. The summed E-state index contributed by atoms with van der Waals surface area (Å²) >= 11 is 1.70. The van der Waals surface area contributed by atoms with Crippen molar-refractivity contribution in [1.82, 2.24) is 25.4 Å². The molecule has 1 aliphatic heterocycles. The van der Waals surface area contributed by atoms with Gasteiger partial charge in [0.1, 0.15) is 6.54 Å². The highest BCUT2D eigenvalue weighted by atomic mass is 32.1. The van der Waals surface area contributed by atoms with Crippen LogP contribution in [0.5, 0.6) is 0 Å². The first-order valence-corrected chi connectivity index (χ1v) is 9.93. The number of carbonyl (C=O) groups is 1. The molecule has 1 aliphatic rings. The van der Waals surface area contributed by atoms with Gasteiger partial charge in [0.2, 0.25) is 5.91 Å². The second-order valence-corrected chi connectivity index (χ2v) is 7.79. The Balaban J connectivity index is 1.50. The van der Waals surface area contributed by atoms with Crippen LogP contribution in [-0.2, 0) is 24.3 Å². The molecule has 0 aromatic carbocycles. The van der Waals surface area contributed by atoms with Gasteiger partial charge in [-0.25, -0.2) is 4.98 Å². The fourth-order valence-corrected chi connectivity index (χ4v) is 4.25. The second kappa shape index (κ2) is 8.58. The molecule has 3 rings (SSSR count). The standard InChI is InChI=1S/C18H27N5OS/c1-3-5-18-21-13(2)16(25-18)11-20-17(24)12-23-9-7-15(22-23)14-6-4-8-19-10-14/h7,9,14,19H,3-6,8,10-12H2,1-2H3,(H,20,24). The van der Waals surface area contributed by atoms with Crippen LogP contribution in [0.1, 0.15) is 53.4 Å². The topological polar surface area (TPSA) is 71.8 Å². The van der Waals surface area contributed by atoms with Crippen LogP contribution in [-0.4, -0.2) is 33.8 Å². The average molecular weight is 362 g/mol. The minimum absolute atomic E-state index is 0.0127. The third kappa shape index (κ3) is 4.89. The number of rotatable bonds is 7. The molecule has 0 bridgehead atoms. The van der Waals surface area contributed by atoms with Crippen LogP contribution in [0.25, 0.3) is 0 Å².